The zero-order valence-corrected chi connectivity index (χ0v) is 83.9. The molecule has 0 aromatic heterocycles. The van der Waals surface area contributed by atoms with Crippen LogP contribution >= 0.6 is 0 Å². The van der Waals surface area contributed by atoms with Gasteiger partial charge in [-0.05, 0) is 19.8 Å². The zero-order chi connectivity index (χ0) is 106. The normalized spacial score (nSPS) is 32.9. The molecule has 0 radical (unpaired) electrons. The van der Waals surface area contributed by atoms with E-state index in [1.807, 2.05) is 0 Å². The summed E-state index contributed by atoms with van der Waals surface area (Å²) in [5.41, 5.74) is 0. The van der Waals surface area contributed by atoms with Gasteiger partial charge in [-0.25, -0.2) is 14.4 Å². The second-order valence-corrected chi connectivity index (χ2v) is 39.6. The summed E-state index contributed by atoms with van der Waals surface area (Å²) in [5.74, 6) is -23.5. The molecule has 6 fully saturated rings. The van der Waals surface area contributed by atoms with Crippen molar-refractivity contribution >= 4 is 47.3 Å². The van der Waals surface area contributed by atoms with Gasteiger partial charge in [-0.1, -0.05) is 232 Å². The van der Waals surface area contributed by atoms with E-state index < -0.39 is 332 Å². The molecule has 6 aliphatic rings. The first-order valence-electron chi connectivity index (χ1n) is 51.9. The van der Waals surface area contributed by atoms with Gasteiger partial charge in [0.15, 0.2) is 18.9 Å². The van der Waals surface area contributed by atoms with Gasteiger partial charge >= 0.3 is 17.9 Å². The highest BCUT2D eigenvalue weighted by molar-refractivity contribution is 5.79. The fourth-order valence-electron chi connectivity index (χ4n) is 19.8. The van der Waals surface area contributed by atoms with Crippen LogP contribution in [0.5, 0.6) is 0 Å². The molecule has 26 N–H and O–H groups in total. The number of amides is 4. The van der Waals surface area contributed by atoms with Gasteiger partial charge < -0.3 is 195 Å². The van der Waals surface area contributed by atoms with E-state index in [0.29, 0.717) is 12.8 Å². The van der Waals surface area contributed by atoms with Crippen molar-refractivity contribution in [2.24, 2.45) is 5.92 Å². The highest BCUT2D eigenvalue weighted by atomic mass is 16.8. The number of ketones is 1. The van der Waals surface area contributed by atoms with Crippen molar-refractivity contribution in [2.75, 3.05) is 46.2 Å². The Morgan fingerprint density at radius 2 is 0.720 bits per heavy atom. The molecular weight excluding hydrogens is 1890 g/mol. The molecule has 4 amide bonds. The smallest absolute Gasteiger partial charge is 0.364 e. The topological polar surface area (TPSA) is 741 Å². The summed E-state index contributed by atoms with van der Waals surface area (Å²) in [5, 5.41) is 262. The number of ether oxygens (including phenoxy) is 12. The third-order valence-corrected chi connectivity index (χ3v) is 27.9. The van der Waals surface area contributed by atoms with Gasteiger partial charge in [0.1, 0.15) is 122 Å². The molecule has 6 saturated heterocycles. The Bertz CT molecular complexity index is 3650. The highest BCUT2D eigenvalue weighted by Gasteiger charge is 2.65. The van der Waals surface area contributed by atoms with Crippen LogP contribution in [0.25, 0.3) is 0 Å². The Balaban J connectivity index is 1.26. The van der Waals surface area contributed by atoms with Gasteiger partial charge in [0.2, 0.25) is 23.6 Å². The Morgan fingerprint density at radius 3 is 1.09 bits per heavy atom. The molecule has 35 atom stereocenters. The van der Waals surface area contributed by atoms with Crippen LogP contribution < -0.4 is 21.3 Å². The lowest BCUT2D eigenvalue weighted by atomic mass is 9.86. The number of carbonyl (C=O) groups is 8. The van der Waals surface area contributed by atoms with E-state index in [1.54, 1.807) is 0 Å². The molecule has 832 valence electrons. The Labute approximate surface area is 836 Å². The minimum Gasteiger partial charge on any atom is -0.477 e. The van der Waals surface area contributed by atoms with Crippen molar-refractivity contribution < 1.29 is 208 Å². The van der Waals surface area contributed by atoms with Crippen molar-refractivity contribution in [1.82, 2.24) is 21.3 Å². The van der Waals surface area contributed by atoms with Crippen LogP contribution in [0, 0.1) is 5.92 Å². The van der Waals surface area contributed by atoms with E-state index >= 15 is 0 Å². The molecule has 46 nitrogen and oxygen atoms in total. The van der Waals surface area contributed by atoms with Crippen molar-refractivity contribution in [3.05, 3.63) is 0 Å². The quantitative estimate of drug-likeness (QED) is 0.0342. The number of aliphatic hydroxyl groups is 19. The summed E-state index contributed by atoms with van der Waals surface area (Å²) < 4.78 is 72.2. The number of hydrogen-bond donors (Lipinski definition) is 26. The number of nitrogens with one attached hydrogen (secondary N) is 4. The van der Waals surface area contributed by atoms with E-state index in [1.165, 1.54) is 141 Å². The number of unbranched alkanes of at least 4 members (excludes halogenated alkanes) is 33. The summed E-state index contributed by atoms with van der Waals surface area (Å²) in [6, 6.07) is -7.20. The second kappa shape index (κ2) is 65.1. The van der Waals surface area contributed by atoms with Gasteiger partial charge in [0.25, 0.3) is 17.4 Å². The Morgan fingerprint density at radius 1 is 0.371 bits per heavy atom. The maximum Gasteiger partial charge on any atom is 0.364 e. The van der Waals surface area contributed by atoms with Gasteiger partial charge in [-0.3, -0.25) is 19.2 Å². The molecule has 0 spiro atoms. The first-order valence-corrected chi connectivity index (χ1v) is 51.9. The number of hydrogen-bond acceptors (Lipinski definition) is 39. The van der Waals surface area contributed by atoms with Crippen LogP contribution in [-0.4, -0.2) is 413 Å². The standard InChI is InChI=1S/C97H172N4O42/c1-7-9-11-13-15-17-19-21-22-23-24-25-26-27-28-29-31-33-35-37-39-41-43-71(117)101-60(61(112)42-40-38-36-34-32-30-20-18-16-14-12-10-8-2)54-132-90-81(124)80(123)83(69(52-106)134-90)136-91-82(125)88(84(70(53-107)135-91)137-89-59(44-55(3)108)75(118)77(120)66(49-103)133-89)143-97(94(130)131)47-64(115)74(100-58(6)111)87(142-97)79(122)68(51-105)139-96(93(128)129)46-63(114)73(99-57(5)110)86(141-96)78(121)67(50-104)138-95(92(126)127)45-62(113)72(98-56(4)109)85(140-95)76(119)65(116)48-102/h59-70,72-91,102-107,112-116,118-125H,7-54H2,1-6H3,(H,98,109)(H,99,110)(H,100,111)(H,101,117)(H,126,127)(H,128,129)(H,130,131). The second-order valence-electron chi connectivity index (χ2n) is 39.6. The Kier molecular flexibility index (Phi) is 57.5. The number of rotatable bonds is 72. The number of carbonyl (C=O) groups excluding carboxylic acids is 5. The van der Waals surface area contributed by atoms with Crippen molar-refractivity contribution in [1.29, 1.82) is 0 Å². The fourth-order valence-corrected chi connectivity index (χ4v) is 19.8. The van der Waals surface area contributed by atoms with Gasteiger partial charge in [0, 0.05) is 58.8 Å². The summed E-state index contributed by atoms with van der Waals surface area (Å²) in [6.45, 7) is -0.465. The van der Waals surface area contributed by atoms with E-state index in [9.17, 15) is 151 Å². The maximum atomic E-state index is 14.5. The van der Waals surface area contributed by atoms with E-state index in [-0.39, 0.29) is 12.8 Å². The molecule has 0 saturated carbocycles. The fraction of sp³-hybridized carbons (Fsp3) is 0.918. The van der Waals surface area contributed by atoms with Gasteiger partial charge in [-0.15, -0.1) is 0 Å². The number of carboxylic acid groups (broad SMARTS) is 3. The van der Waals surface area contributed by atoms with Crippen LogP contribution in [0.15, 0.2) is 0 Å². The molecule has 0 aromatic rings. The summed E-state index contributed by atoms with van der Waals surface area (Å²) in [4.78, 5) is 107. The zero-order valence-electron chi connectivity index (χ0n) is 83.9. The lowest BCUT2D eigenvalue weighted by Gasteiger charge is -2.53. The minimum atomic E-state index is -3.70. The summed E-state index contributed by atoms with van der Waals surface area (Å²) in [7, 11) is 0. The number of aliphatic carboxylic acids is 3. The molecule has 0 aliphatic carbocycles. The van der Waals surface area contributed by atoms with Crippen molar-refractivity contribution in [2.45, 2.75) is 512 Å². The van der Waals surface area contributed by atoms with Crippen molar-refractivity contribution in [3.63, 3.8) is 0 Å². The molecule has 46 heteroatoms. The maximum absolute atomic E-state index is 14.5. The third-order valence-electron chi connectivity index (χ3n) is 27.9. The molecule has 35 unspecified atom stereocenters. The first kappa shape index (κ1) is 126. The van der Waals surface area contributed by atoms with Crippen LogP contribution in [0.4, 0.5) is 0 Å². The van der Waals surface area contributed by atoms with Crippen molar-refractivity contribution in [3.8, 4) is 0 Å². The molecule has 6 rings (SSSR count). The molecule has 6 heterocycles. The van der Waals surface area contributed by atoms with Gasteiger partial charge in [-0.2, -0.15) is 0 Å². The Hall–Kier alpha value is -5.28. The van der Waals surface area contributed by atoms with E-state index in [4.69, 9.17) is 56.8 Å². The predicted molar refractivity (Wildman–Crippen MR) is 502 cm³/mol. The average Bonchev–Trinajstić information content (AvgIpc) is 0.732. The predicted octanol–water partition coefficient (Wildman–Crippen LogP) is -0.474. The van der Waals surface area contributed by atoms with E-state index in [2.05, 4.69) is 35.1 Å². The molecule has 0 aromatic carbocycles. The lowest BCUT2D eigenvalue weighted by Crippen LogP contribution is -2.72. The SMILES string of the molecule is CCCCCCCCCCCCCCCCCCCCCCCCC(=O)NC(COC1OC(CO)C(OC2OC(CO)C(OC3OC(CO)C(O)C(O)C3CC(C)=O)C(OC3(C(=O)O)CC(O)C(NC(C)=O)C(C(O)C(CO)OC4(C(=O)O)CC(O)C(NC(C)=O)C(C(O)C(CO)OC5(C(=O)O)CC(O)C(NC(C)=O)C(C(O)C(O)CO)O5)O4)O3)C2O)C(O)C1O)C(O)CCCCCCCCCCCCCCC. The molecule has 0 bridgehead atoms. The molecule has 143 heavy (non-hydrogen) atoms. The largest absolute Gasteiger partial charge is 0.477 e. The number of aliphatic hydroxyl groups excluding tert-OH is 19. The van der Waals surface area contributed by atoms with Gasteiger partial charge in [0.05, 0.1) is 101 Å². The average molecular weight is 2070 g/mol. The summed E-state index contributed by atoms with van der Waals surface area (Å²) in [6.07, 6.45) is -26.0. The minimum absolute atomic E-state index is 0.108. The van der Waals surface area contributed by atoms with E-state index in [0.717, 1.165) is 98.3 Å². The summed E-state index contributed by atoms with van der Waals surface area (Å²) >= 11 is 0. The molecular formula is C97H172N4O42. The third kappa shape index (κ3) is 38.5. The lowest BCUT2D eigenvalue weighted by molar-refractivity contribution is -0.404. The number of Topliss-reactive ketones (excluding diaryl/α,β-unsaturated/α-hetero) is 1. The van der Waals surface area contributed by atoms with Crippen LogP contribution in [0.2, 0.25) is 0 Å². The monoisotopic (exact) mass is 2070 g/mol. The molecule has 6 aliphatic heterocycles. The van der Waals surface area contributed by atoms with Crippen LogP contribution in [-0.2, 0) is 95.2 Å². The van der Waals surface area contributed by atoms with Crippen LogP contribution in [0.1, 0.15) is 305 Å². The number of carboxylic acids is 3. The first-order chi connectivity index (χ1) is 68.1. The highest BCUT2D eigenvalue weighted by Crippen LogP contribution is 2.45. The van der Waals surface area contributed by atoms with Crippen LogP contribution in [0.3, 0.4) is 0 Å².